The average Bonchev–Trinajstić information content (AvgIpc) is 3.20. The van der Waals surface area contributed by atoms with Crippen LogP contribution in [0.4, 0.5) is 10.5 Å². The van der Waals surface area contributed by atoms with Crippen molar-refractivity contribution in [2.75, 3.05) is 5.32 Å². The highest BCUT2D eigenvalue weighted by atomic mass is 35.5. The van der Waals surface area contributed by atoms with Crippen LogP contribution in [0.5, 0.6) is 11.8 Å². The minimum atomic E-state index is -0.644. The van der Waals surface area contributed by atoms with Crippen LogP contribution in [0.3, 0.4) is 0 Å². The van der Waals surface area contributed by atoms with Gasteiger partial charge in [0, 0.05) is 17.3 Å². The van der Waals surface area contributed by atoms with Crippen molar-refractivity contribution in [3.05, 3.63) is 96.0 Å². The number of hydrogen-bond acceptors (Lipinski definition) is 3. The number of urea groups is 1. The summed E-state index contributed by atoms with van der Waals surface area (Å²) in [4.78, 5) is 18.7. The van der Waals surface area contributed by atoms with Crippen LogP contribution in [-0.2, 0) is 0 Å². The Morgan fingerprint density at radius 3 is 2.36 bits per heavy atom. The predicted molar refractivity (Wildman–Crippen MR) is 132 cm³/mol. The quantitative estimate of drug-likeness (QED) is 0.271. The van der Waals surface area contributed by atoms with Crippen LogP contribution in [0.2, 0.25) is 5.02 Å². The Balaban J connectivity index is 1.42. The van der Waals surface area contributed by atoms with Crippen molar-refractivity contribution in [3.63, 3.8) is 0 Å². The Labute approximate surface area is 195 Å². The molecule has 0 aliphatic rings. The van der Waals surface area contributed by atoms with E-state index in [9.17, 15) is 4.79 Å². The molecule has 0 bridgehead atoms. The van der Waals surface area contributed by atoms with Crippen molar-refractivity contribution < 1.29 is 9.53 Å². The molecule has 162 valence electrons. The SMILES string of the molecule is NC(=O)Nc1cccc(Oc2nc3cc(-c4ccc(-c5ccccc5)cc4)c(Cl)cc3[nH]2)c1. The number of benzene rings is 4. The second-order valence-electron chi connectivity index (χ2n) is 7.45. The maximum atomic E-state index is 11.1. The molecule has 0 unspecified atom stereocenters. The second kappa shape index (κ2) is 8.68. The van der Waals surface area contributed by atoms with Gasteiger partial charge >= 0.3 is 6.03 Å². The van der Waals surface area contributed by atoms with Crippen molar-refractivity contribution >= 4 is 34.4 Å². The van der Waals surface area contributed by atoms with Gasteiger partial charge in [0.1, 0.15) is 5.75 Å². The Kier molecular flexibility index (Phi) is 5.42. The number of halogens is 1. The lowest BCUT2D eigenvalue weighted by Gasteiger charge is -2.07. The van der Waals surface area contributed by atoms with E-state index in [1.165, 1.54) is 0 Å². The number of amides is 2. The summed E-state index contributed by atoms with van der Waals surface area (Å²) in [5.74, 6) is 0.503. The zero-order valence-corrected chi connectivity index (χ0v) is 18.1. The molecule has 7 heteroatoms. The molecule has 4 aromatic carbocycles. The molecule has 0 saturated carbocycles. The van der Waals surface area contributed by atoms with E-state index < -0.39 is 6.03 Å². The van der Waals surface area contributed by atoms with E-state index >= 15 is 0 Å². The van der Waals surface area contributed by atoms with Gasteiger partial charge in [-0.15, -0.1) is 0 Å². The third-order valence-electron chi connectivity index (χ3n) is 5.17. The molecule has 1 aromatic heterocycles. The number of carbonyl (C=O) groups is 1. The van der Waals surface area contributed by atoms with Gasteiger partial charge in [-0.1, -0.05) is 72.3 Å². The van der Waals surface area contributed by atoms with Gasteiger partial charge in [0.25, 0.3) is 6.01 Å². The van der Waals surface area contributed by atoms with E-state index in [2.05, 4.69) is 51.7 Å². The standard InChI is InChI=1S/C26H19ClN4O2/c27-22-15-24-23(30-26(31-24)33-20-8-4-7-19(13-20)29-25(28)32)14-21(22)18-11-9-17(10-12-18)16-5-2-1-3-6-16/h1-15H,(H,30,31)(H3,28,29,32). The molecular weight excluding hydrogens is 436 g/mol. The molecule has 6 nitrogen and oxygen atoms in total. The number of carbonyl (C=O) groups excluding carboxylic acids is 1. The summed E-state index contributed by atoms with van der Waals surface area (Å²) in [7, 11) is 0. The molecule has 2 amide bonds. The highest BCUT2D eigenvalue weighted by Crippen LogP contribution is 2.34. The van der Waals surface area contributed by atoms with Gasteiger partial charge in [0.05, 0.1) is 16.1 Å². The predicted octanol–water partition coefficient (Wildman–Crippen LogP) is 6.83. The van der Waals surface area contributed by atoms with Crippen LogP contribution in [0.15, 0.2) is 91.0 Å². The van der Waals surface area contributed by atoms with Crippen molar-refractivity contribution in [2.45, 2.75) is 0 Å². The van der Waals surface area contributed by atoms with Crippen molar-refractivity contribution in [1.29, 1.82) is 0 Å². The molecule has 5 aromatic rings. The molecule has 0 radical (unpaired) electrons. The summed E-state index contributed by atoms with van der Waals surface area (Å²) < 4.78 is 5.83. The van der Waals surface area contributed by atoms with Crippen LogP contribution in [0.1, 0.15) is 0 Å². The van der Waals surface area contributed by atoms with E-state index in [-0.39, 0.29) is 0 Å². The average molecular weight is 455 g/mol. The Bertz CT molecular complexity index is 1450. The number of primary amides is 1. The number of aromatic nitrogens is 2. The number of hydrogen-bond donors (Lipinski definition) is 3. The first kappa shape index (κ1) is 20.6. The summed E-state index contributed by atoms with van der Waals surface area (Å²) in [6.07, 6.45) is 0. The number of rotatable bonds is 5. The van der Waals surface area contributed by atoms with Gasteiger partial charge in [0.2, 0.25) is 0 Å². The lowest BCUT2D eigenvalue weighted by Crippen LogP contribution is -2.19. The number of aromatic amines is 1. The van der Waals surface area contributed by atoms with Crippen LogP contribution >= 0.6 is 11.6 Å². The molecule has 0 fully saturated rings. The van der Waals surface area contributed by atoms with Crippen LogP contribution < -0.4 is 15.8 Å². The van der Waals surface area contributed by atoms with Crippen molar-refractivity contribution in [3.8, 4) is 34.0 Å². The number of ether oxygens (including phenoxy) is 1. The number of anilines is 1. The maximum Gasteiger partial charge on any atom is 0.316 e. The zero-order valence-electron chi connectivity index (χ0n) is 17.4. The highest BCUT2D eigenvalue weighted by molar-refractivity contribution is 6.34. The smallest absolute Gasteiger partial charge is 0.316 e. The van der Waals surface area contributed by atoms with Gasteiger partial charge in [-0.3, -0.25) is 0 Å². The van der Waals surface area contributed by atoms with Gasteiger partial charge in [0.15, 0.2) is 0 Å². The Hall–Kier alpha value is -4.29. The third-order valence-corrected chi connectivity index (χ3v) is 5.48. The fraction of sp³-hybridized carbons (Fsp3) is 0. The molecule has 33 heavy (non-hydrogen) atoms. The van der Waals surface area contributed by atoms with Crippen LogP contribution in [0.25, 0.3) is 33.3 Å². The van der Waals surface area contributed by atoms with Gasteiger partial charge in [-0.25, -0.2) is 4.79 Å². The monoisotopic (exact) mass is 454 g/mol. The van der Waals surface area contributed by atoms with E-state index in [1.807, 2.05) is 30.3 Å². The third kappa shape index (κ3) is 4.51. The lowest BCUT2D eigenvalue weighted by molar-refractivity contribution is 0.259. The molecule has 0 aliphatic carbocycles. The van der Waals surface area contributed by atoms with Gasteiger partial charge < -0.3 is 20.8 Å². The van der Waals surface area contributed by atoms with Crippen LogP contribution in [0, 0.1) is 0 Å². The largest absolute Gasteiger partial charge is 0.426 e. The Morgan fingerprint density at radius 2 is 1.61 bits per heavy atom. The molecule has 0 atom stereocenters. The fourth-order valence-corrected chi connectivity index (χ4v) is 3.91. The number of H-pyrrole nitrogens is 1. The molecule has 0 spiro atoms. The Morgan fingerprint density at radius 1 is 0.879 bits per heavy atom. The highest BCUT2D eigenvalue weighted by Gasteiger charge is 2.12. The maximum absolute atomic E-state index is 11.1. The van der Waals surface area contributed by atoms with E-state index in [1.54, 1.807) is 24.3 Å². The molecule has 4 N–H and O–H groups in total. The fourth-order valence-electron chi connectivity index (χ4n) is 3.64. The summed E-state index contributed by atoms with van der Waals surface area (Å²) in [6, 6.07) is 28.8. The summed E-state index contributed by atoms with van der Waals surface area (Å²) in [6.45, 7) is 0. The summed E-state index contributed by atoms with van der Waals surface area (Å²) in [5.41, 5.74) is 11.4. The number of nitrogens with two attached hydrogens (primary N) is 1. The van der Waals surface area contributed by atoms with E-state index in [0.29, 0.717) is 22.5 Å². The summed E-state index contributed by atoms with van der Waals surface area (Å²) in [5, 5.41) is 3.12. The summed E-state index contributed by atoms with van der Waals surface area (Å²) >= 11 is 6.59. The second-order valence-corrected chi connectivity index (χ2v) is 7.86. The number of fused-ring (bicyclic) bond motifs is 1. The molecule has 0 aliphatic heterocycles. The van der Waals surface area contributed by atoms with E-state index in [4.69, 9.17) is 22.1 Å². The first-order valence-corrected chi connectivity index (χ1v) is 10.6. The lowest BCUT2D eigenvalue weighted by atomic mass is 10.00. The van der Waals surface area contributed by atoms with Gasteiger partial charge in [-0.05, 0) is 41.0 Å². The first-order valence-electron chi connectivity index (χ1n) is 10.2. The van der Waals surface area contributed by atoms with Crippen molar-refractivity contribution in [2.24, 2.45) is 5.73 Å². The first-order chi connectivity index (χ1) is 16.0. The topological polar surface area (TPSA) is 93.0 Å². The van der Waals surface area contributed by atoms with E-state index in [0.717, 1.165) is 33.3 Å². The number of imidazole rings is 1. The molecule has 0 saturated heterocycles. The molecule has 5 rings (SSSR count). The number of nitrogens with zero attached hydrogens (tertiary/aromatic N) is 1. The van der Waals surface area contributed by atoms with Gasteiger partial charge in [-0.2, -0.15) is 4.98 Å². The minimum Gasteiger partial charge on any atom is -0.426 e. The molecule has 1 heterocycles. The normalized spacial score (nSPS) is 10.8. The minimum absolute atomic E-state index is 0.314. The zero-order chi connectivity index (χ0) is 22.8. The van der Waals surface area contributed by atoms with Crippen LogP contribution in [-0.4, -0.2) is 16.0 Å². The number of nitrogens with one attached hydrogen (secondary N) is 2. The van der Waals surface area contributed by atoms with Crippen molar-refractivity contribution in [1.82, 2.24) is 9.97 Å². The molecular formula is C26H19ClN4O2.